The molecule has 0 fully saturated rings. The van der Waals surface area contributed by atoms with Crippen molar-refractivity contribution < 1.29 is 4.74 Å². The van der Waals surface area contributed by atoms with Crippen molar-refractivity contribution in [2.24, 2.45) is 0 Å². The number of hydrogen-bond acceptors (Lipinski definition) is 2. The lowest BCUT2D eigenvalue weighted by Crippen LogP contribution is -2.13. The number of halogens is 3. The van der Waals surface area contributed by atoms with Crippen LogP contribution in [0.1, 0.15) is 18.1 Å². The Morgan fingerprint density at radius 3 is 2.62 bits per heavy atom. The molecular weight excluding hydrogens is 373 g/mol. The number of benzene rings is 2. The van der Waals surface area contributed by atoms with Crippen LogP contribution < -0.4 is 10.1 Å². The van der Waals surface area contributed by atoms with E-state index in [1.807, 2.05) is 36.4 Å². The molecule has 0 saturated heterocycles. The minimum Gasteiger partial charge on any atom is -0.487 e. The third-order valence-corrected chi connectivity index (χ3v) is 4.14. The molecule has 0 saturated carbocycles. The second kappa shape index (κ2) is 8.04. The van der Waals surface area contributed by atoms with Gasteiger partial charge in [-0.2, -0.15) is 0 Å². The fourth-order valence-corrected chi connectivity index (χ4v) is 2.88. The number of ether oxygens (including phenoxy) is 1. The summed E-state index contributed by atoms with van der Waals surface area (Å²) in [5, 5.41) is 4.56. The summed E-state index contributed by atoms with van der Waals surface area (Å²) in [4.78, 5) is 0. The average Bonchev–Trinajstić information content (AvgIpc) is 2.45. The lowest BCUT2D eigenvalue weighted by molar-refractivity contribution is 0.302. The average molecular weight is 389 g/mol. The lowest BCUT2D eigenvalue weighted by Gasteiger charge is -2.14. The van der Waals surface area contributed by atoms with Crippen molar-refractivity contribution in [3.05, 3.63) is 62.0 Å². The Labute approximate surface area is 143 Å². The zero-order chi connectivity index (χ0) is 15.2. The van der Waals surface area contributed by atoms with Crippen molar-refractivity contribution in [2.45, 2.75) is 20.1 Å². The summed E-state index contributed by atoms with van der Waals surface area (Å²) in [7, 11) is 0. The minimum absolute atomic E-state index is 0.384. The molecule has 0 aliphatic heterocycles. The molecule has 2 aromatic rings. The summed E-state index contributed by atoms with van der Waals surface area (Å²) < 4.78 is 6.85. The van der Waals surface area contributed by atoms with Gasteiger partial charge in [0.1, 0.15) is 12.4 Å². The van der Waals surface area contributed by atoms with Gasteiger partial charge in [-0.15, -0.1) is 0 Å². The molecule has 0 aliphatic rings. The maximum absolute atomic E-state index is 6.25. The molecule has 2 aromatic carbocycles. The van der Waals surface area contributed by atoms with E-state index in [0.29, 0.717) is 22.4 Å². The van der Waals surface area contributed by atoms with Gasteiger partial charge in [-0.05, 0) is 24.7 Å². The SMILES string of the molecule is CCNCc1cccc(Cl)c1OCc1ccc(Br)cc1Cl. The molecule has 21 heavy (non-hydrogen) atoms. The van der Waals surface area contributed by atoms with E-state index in [1.165, 1.54) is 0 Å². The Hall–Kier alpha value is -0.740. The highest BCUT2D eigenvalue weighted by atomic mass is 79.9. The molecule has 0 aromatic heterocycles. The van der Waals surface area contributed by atoms with Crippen LogP contribution in [-0.2, 0) is 13.2 Å². The molecule has 0 spiro atoms. The van der Waals surface area contributed by atoms with Crippen LogP contribution >= 0.6 is 39.1 Å². The predicted molar refractivity (Wildman–Crippen MR) is 92.3 cm³/mol. The summed E-state index contributed by atoms with van der Waals surface area (Å²) in [5.74, 6) is 0.708. The molecule has 0 atom stereocenters. The zero-order valence-corrected chi connectivity index (χ0v) is 14.7. The minimum atomic E-state index is 0.384. The van der Waals surface area contributed by atoms with E-state index in [0.717, 1.165) is 28.7 Å². The number of hydrogen-bond donors (Lipinski definition) is 1. The summed E-state index contributed by atoms with van der Waals surface area (Å²) in [6.45, 7) is 4.06. The van der Waals surface area contributed by atoms with Crippen molar-refractivity contribution in [2.75, 3.05) is 6.54 Å². The Bertz CT molecular complexity index is 619. The molecular formula is C16H16BrCl2NO. The van der Waals surface area contributed by atoms with Crippen LogP contribution in [0.4, 0.5) is 0 Å². The van der Waals surface area contributed by atoms with Crippen LogP contribution in [-0.4, -0.2) is 6.54 Å². The third kappa shape index (κ3) is 4.62. The van der Waals surface area contributed by atoms with Gasteiger partial charge in [0.05, 0.1) is 5.02 Å². The Kier molecular flexibility index (Phi) is 6.37. The van der Waals surface area contributed by atoms with Crippen LogP contribution in [0.25, 0.3) is 0 Å². The fraction of sp³-hybridized carbons (Fsp3) is 0.250. The Balaban J connectivity index is 2.15. The topological polar surface area (TPSA) is 21.3 Å². The molecule has 0 amide bonds. The standard InChI is InChI=1S/C16H16BrCl2NO/c1-2-20-9-11-4-3-5-14(18)16(11)21-10-12-6-7-13(17)8-15(12)19/h3-8,20H,2,9-10H2,1H3. The first kappa shape index (κ1) is 16.6. The van der Waals surface area contributed by atoms with Crippen LogP contribution in [0, 0.1) is 0 Å². The predicted octanol–water partition coefficient (Wildman–Crippen LogP) is 5.44. The van der Waals surface area contributed by atoms with Crippen LogP contribution in [0.5, 0.6) is 5.75 Å². The van der Waals surface area contributed by atoms with Crippen molar-refractivity contribution in [3.63, 3.8) is 0 Å². The summed E-state index contributed by atoms with van der Waals surface area (Å²) in [6.07, 6.45) is 0. The largest absolute Gasteiger partial charge is 0.487 e. The van der Waals surface area contributed by atoms with E-state index >= 15 is 0 Å². The van der Waals surface area contributed by atoms with Crippen molar-refractivity contribution in [3.8, 4) is 5.75 Å². The molecule has 5 heteroatoms. The second-order valence-corrected chi connectivity index (χ2v) is 6.26. The second-order valence-electron chi connectivity index (χ2n) is 4.53. The molecule has 0 unspecified atom stereocenters. The maximum Gasteiger partial charge on any atom is 0.142 e. The van der Waals surface area contributed by atoms with Gasteiger partial charge in [0.2, 0.25) is 0 Å². The van der Waals surface area contributed by atoms with Gasteiger partial charge in [0, 0.05) is 27.2 Å². The van der Waals surface area contributed by atoms with Crippen LogP contribution in [0.3, 0.4) is 0 Å². The Morgan fingerprint density at radius 1 is 1.10 bits per heavy atom. The Morgan fingerprint density at radius 2 is 1.90 bits per heavy atom. The van der Waals surface area contributed by atoms with Gasteiger partial charge in [-0.1, -0.05) is 64.3 Å². The van der Waals surface area contributed by atoms with Crippen molar-refractivity contribution >= 4 is 39.1 Å². The maximum atomic E-state index is 6.25. The van der Waals surface area contributed by atoms with E-state index in [1.54, 1.807) is 0 Å². The number of para-hydroxylation sites is 1. The van der Waals surface area contributed by atoms with E-state index in [9.17, 15) is 0 Å². The first-order valence-corrected chi connectivity index (χ1v) is 8.21. The molecule has 2 nitrogen and oxygen atoms in total. The molecule has 2 rings (SSSR count). The normalized spacial score (nSPS) is 10.7. The monoisotopic (exact) mass is 387 g/mol. The highest BCUT2D eigenvalue weighted by Gasteiger charge is 2.09. The molecule has 112 valence electrons. The lowest BCUT2D eigenvalue weighted by atomic mass is 10.2. The number of rotatable bonds is 6. The van der Waals surface area contributed by atoms with Crippen molar-refractivity contribution in [1.82, 2.24) is 5.32 Å². The van der Waals surface area contributed by atoms with Gasteiger partial charge in [-0.25, -0.2) is 0 Å². The molecule has 0 heterocycles. The number of nitrogens with one attached hydrogen (secondary N) is 1. The van der Waals surface area contributed by atoms with E-state index in [-0.39, 0.29) is 0 Å². The molecule has 0 radical (unpaired) electrons. The highest BCUT2D eigenvalue weighted by Crippen LogP contribution is 2.30. The van der Waals surface area contributed by atoms with E-state index < -0.39 is 0 Å². The summed E-state index contributed by atoms with van der Waals surface area (Å²) in [5.41, 5.74) is 1.96. The summed E-state index contributed by atoms with van der Waals surface area (Å²) >= 11 is 15.8. The van der Waals surface area contributed by atoms with Gasteiger partial charge in [0.15, 0.2) is 0 Å². The first-order chi connectivity index (χ1) is 10.1. The quantitative estimate of drug-likeness (QED) is 0.710. The van der Waals surface area contributed by atoms with Crippen LogP contribution in [0.2, 0.25) is 10.0 Å². The molecule has 0 aliphatic carbocycles. The van der Waals surface area contributed by atoms with E-state index in [2.05, 4.69) is 28.2 Å². The van der Waals surface area contributed by atoms with Gasteiger partial charge in [0.25, 0.3) is 0 Å². The van der Waals surface area contributed by atoms with Crippen LogP contribution in [0.15, 0.2) is 40.9 Å². The van der Waals surface area contributed by atoms with Gasteiger partial charge >= 0.3 is 0 Å². The molecule has 1 N–H and O–H groups in total. The summed E-state index contributed by atoms with van der Waals surface area (Å²) in [6, 6.07) is 11.5. The smallest absolute Gasteiger partial charge is 0.142 e. The third-order valence-electron chi connectivity index (χ3n) is 3.00. The highest BCUT2D eigenvalue weighted by molar-refractivity contribution is 9.10. The molecule has 0 bridgehead atoms. The zero-order valence-electron chi connectivity index (χ0n) is 11.6. The van der Waals surface area contributed by atoms with Gasteiger partial charge in [-0.3, -0.25) is 0 Å². The fourth-order valence-electron chi connectivity index (χ4n) is 1.90. The first-order valence-electron chi connectivity index (χ1n) is 6.66. The van der Waals surface area contributed by atoms with E-state index in [4.69, 9.17) is 27.9 Å². The van der Waals surface area contributed by atoms with Crippen molar-refractivity contribution in [1.29, 1.82) is 0 Å². The van der Waals surface area contributed by atoms with Gasteiger partial charge < -0.3 is 10.1 Å².